The Hall–Kier alpha value is -4.07. The van der Waals surface area contributed by atoms with E-state index in [0.717, 1.165) is 58.5 Å². The van der Waals surface area contributed by atoms with Crippen LogP contribution in [-0.2, 0) is 5.21 Å². The zero-order valence-corrected chi connectivity index (χ0v) is 20.2. The van der Waals surface area contributed by atoms with E-state index >= 15 is 0 Å². The standard InChI is InChI=1S/C31H25N2O2/c1-30(2)31(3,4)33(35)29(32(30)34)14-13-26-27-18-22-11-7-5-9-20(22)15-24(27)17-25-16-21-10-6-8-12-23(21)19-28(25)26/h5-12,15-19H,1-4H3. The van der Waals surface area contributed by atoms with Crippen molar-refractivity contribution in [1.29, 1.82) is 0 Å². The van der Waals surface area contributed by atoms with E-state index in [1.54, 1.807) is 27.7 Å². The van der Waals surface area contributed by atoms with Crippen LogP contribution >= 0.6 is 0 Å². The van der Waals surface area contributed by atoms with E-state index in [2.05, 4.69) is 66.4 Å². The summed E-state index contributed by atoms with van der Waals surface area (Å²) in [7, 11) is 0. The lowest BCUT2D eigenvalue weighted by molar-refractivity contribution is -0.539. The van der Waals surface area contributed by atoms with E-state index < -0.39 is 11.1 Å². The first-order valence-corrected chi connectivity index (χ1v) is 11.8. The van der Waals surface area contributed by atoms with Crippen LogP contribution in [0.3, 0.4) is 0 Å². The third kappa shape index (κ3) is 3.02. The molecule has 171 valence electrons. The van der Waals surface area contributed by atoms with Crippen molar-refractivity contribution in [1.82, 2.24) is 5.06 Å². The van der Waals surface area contributed by atoms with E-state index in [9.17, 15) is 10.4 Å². The highest BCUT2D eigenvalue weighted by atomic mass is 16.5. The van der Waals surface area contributed by atoms with Gasteiger partial charge in [-0.25, -0.2) is 4.74 Å². The lowest BCUT2D eigenvalue weighted by Gasteiger charge is -2.32. The van der Waals surface area contributed by atoms with E-state index in [1.165, 1.54) is 0 Å². The van der Waals surface area contributed by atoms with Crippen molar-refractivity contribution < 1.29 is 9.95 Å². The number of amidine groups is 1. The third-order valence-electron chi connectivity index (χ3n) is 7.88. The molecule has 1 radical (unpaired) electrons. The Morgan fingerprint density at radius 2 is 1.11 bits per heavy atom. The molecular formula is C31H25N2O2. The normalized spacial score (nSPS) is 16.9. The summed E-state index contributed by atoms with van der Waals surface area (Å²) in [5.74, 6) is 6.20. The van der Waals surface area contributed by atoms with Crippen molar-refractivity contribution in [2.45, 2.75) is 38.8 Å². The Morgan fingerprint density at radius 3 is 1.54 bits per heavy atom. The molecule has 0 amide bonds. The van der Waals surface area contributed by atoms with Crippen molar-refractivity contribution >= 4 is 48.9 Å². The topological polar surface area (TPSA) is 49.2 Å². The van der Waals surface area contributed by atoms with Crippen LogP contribution in [0.2, 0.25) is 0 Å². The fraction of sp³-hybridized carbons (Fsp3) is 0.194. The molecule has 0 saturated carbocycles. The predicted molar refractivity (Wildman–Crippen MR) is 143 cm³/mol. The predicted octanol–water partition coefficient (Wildman–Crippen LogP) is 6.78. The van der Waals surface area contributed by atoms with Gasteiger partial charge in [-0.2, -0.15) is 0 Å². The molecule has 0 saturated heterocycles. The van der Waals surface area contributed by atoms with Crippen molar-refractivity contribution in [3.63, 3.8) is 0 Å². The highest BCUT2D eigenvalue weighted by Gasteiger charge is 2.59. The van der Waals surface area contributed by atoms with Gasteiger partial charge < -0.3 is 5.21 Å². The zero-order chi connectivity index (χ0) is 24.5. The van der Waals surface area contributed by atoms with Crippen molar-refractivity contribution in [3.05, 3.63) is 89.6 Å². The highest BCUT2D eigenvalue weighted by molar-refractivity contribution is 6.13. The van der Waals surface area contributed by atoms with Gasteiger partial charge in [-0.15, -0.1) is 0 Å². The Balaban J connectivity index is 1.69. The molecule has 4 nitrogen and oxygen atoms in total. The lowest BCUT2D eigenvalue weighted by Crippen LogP contribution is -2.53. The summed E-state index contributed by atoms with van der Waals surface area (Å²) in [6, 6.07) is 27.4. The second-order valence-electron chi connectivity index (χ2n) is 10.4. The average molecular weight is 458 g/mol. The maximum absolute atomic E-state index is 13.1. The summed E-state index contributed by atoms with van der Waals surface area (Å²) in [5.41, 5.74) is -0.969. The summed E-state index contributed by atoms with van der Waals surface area (Å²) in [6.07, 6.45) is 0. The number of hydrogen-bond donors (Lipinski definition) is 0. The Bertz CT molecular complexity index is 1690. The van der Waals surface area contributed by atoms with Gasteiger partial charge in [-0.05, 0) is 101 Å². The molecule has 0 unspecified atom stereocenters. The molecule has 4 heteroatoms. The summed E-state index contributed by atoms with van der Waals surface area (Å²) in [4.78, 5) is 0. The number of benzene rings is 5. The van der Waals surface area contributed by atoms with Gasteiger partial charge in [-0.3, -0.25) is 0 Å². The first kappa shape index (κ1) is 21.5. The van der Waals surface area contributed by atoms with Gasteiger partial charge in [0.2, 0.25) is 0 Å². The second kappa shape index (κ2) is 7.21. The molecule has 6 rings (SSSR count). The number of rotatable bonds is 0. The minimum Gasteiger partial charge on any atom is -0.714 e. The van der Waals surface area contributed by atoms with Crippen LogP contribution in [0.5, 0.6) is 0 Å². The number of hydrogen-bond acceptors (Lipinski definition) is 2. The van der Waals surface area contributed by atoms with Gasteiger partial charge in [0.05, 0.1) is 0 Å². The van der Waals surface area contributed by atoms with Gasteiger partial charge in [0.25, 0.3) is 0 Å². The van der Waals surface area contributed by atoms with Crippen LogP contribution in [0.1, 0.15) is 33.3 Å². The molecule has 0 aromatic heterocycles. The maximum atomic E-state index is 13.1. The van der Waals surface area contributed by atoms with Crippen LogP contribution < -0.4 is 0 Å². The Kier molecular flexibility index (Phi) is 4.42. The van der Waals surface area contributed by atoms with Crippen LogP contribution in [0, 0.1) is 17.0 Å². The quantitative estimate of drug-likeness (QED) is 0.111. The van der Waals surface area contributed by atoms with E-state index in [-0.39, 0.29) is 5.84 Å². The molecule has 0 atom stereocenters. The second-order valence-corrected chi connectivity index (χ2v) is 10.4. The number of fused-ring (bicyclic) bond motifs is 4. The van der Waals surface area contributed by atoms with Gasteiger partial charge in [0, 0.05) is 16.7 Å². The number of hydroxylamine groups is 3. The minimum absolute atomic E-state index is 0.0493. The molecule has 0 N–H and O–H groups in total. The van der Waals surface area contributed by atoms with Crippen LogP contribution in [0.4, 0.5) is 0 Å². The van der Waals surface area contributed by atoms with Crippen molar-refractivity contribution in [2.24, 2.45) is 0 Å². The summed E-state index contributed by atoms with van der Waals surface area (Å²) in [5, 5.41) is 35.7. The van der Waals surface area contributed by atoms with Crippen LogP contribution in [0.15, 0.2) is 78.9 Å². The van der Waals surface area contributed by atoms with E-state index in [1.807, 2.05) is 24.3 Å². The molecule has 1 aliphatic rings. The first-order chi connectivity index (χ1) is 16.7. The number of nitrogens with zero attached hydrogens (tertiary/aromatic N) is 2. The van der Waals surface area contributed by atoms with Crippen LogP contribution in [-0.4, -0.2) is 26.7 Å². The Labute approximate surface area is 204 Å². The summed E-state index contributed by atoms with van der Waals surface area (Å²) >= 11 is 0. The average Bonchev–Trinajstić information content (AvgIpc) is 2.96. The fourth-order valence-corrected chi connectivity index (χ4v) is 4.96. The van der Waals surface area contributed by atoms with Gasteiger partial charge in [0.1, 0.15) is 5.54 Å². The van der Waals surface area contributed by atoms with Crippen LogP contribution in [0.25, 0.3) is 43.1 Å². The fourth-order valence-electron chi connectivity index (χ4n) is 4.96. The molecule has 0 fully saturated rings. The van der Waals surface area contributed by atoms with Gasteiger partial charge >= 0.3 is 5.84 Å². The largest absolute Gasteiger partial charge is 0.714 e. The molecular weight excluding hydrogens is 432 g/mol. The molecule has 5 aromatic rings. The molecule has 5 aromatic carbocycles. The minimum atomic E-state index is -0.897. The SMILES string of the molecule is CC1(C)N([O])C(C#Cc2c3cc4ccccc4cc3cc3cc4ccccc4cc23)=[N+]([O-])C1(C)C. The third-order valence-corrected chi connectivity index (χ3v) is 7.88. The monoisotopic (exact) mass is 457 g/mol. The lowest BCUT2D eigenvalue weighted by atomic mass is 9.84. The van der Waals surface area contributed by atoms with Gasteiger partial charge in [-0.1, -0.05) is 59.5 Å². The van der Waals surface area contributed by atoms with Crippen molar-refractivity contribution in [2.75, 3.05) is 0 Å². The highest BCUT2D eigenvalue weighted by Crippen LogP contribution is 2.36. The molecule has 1 heterocycles. The zero-order valence-electron chi connectivity index (χ0n) is 20.2. The first-order valence-electron chi connectivity index (χ1n) is 11.8. The van der Waals surface area contributed by atoms with Crippen molar-refractivity contribution in [3.8, 4) is 11.8 Å². The summed E-state index contributed by atoms with van der Waals surface area (Å²) < 4.78 is 0.769. The molecule has 35 heavy (non-hydrogen) atoms. The molecule has 0 spiro atoms. The van der Waals surface area contributed by atoms with E-state index in [0.29, 0.717) is 0 Å². The van der Waals surface area contributed by atoms with Gasteiger partial charge in [0.15, 0.2) is 5.54 Å². The molecule has 1 aliphatic heterocycles. The maximum Gasteiger partial charge on any atom is 0.363 e. The summed E-state index contributed by atoms with van der Waals surface area (Å²) in [6.45, 7) is 7.13. The smallest absolute Gasteiger partial charge is 0.363 e. The molecule has 0 aliphatic carbocycles. The Morgan fingerprint density at radius 1 is 0.686 bits per heavy atom. The molecule has 0 bridgehead atoms. The van der Waals surface area contributed by atoms with E-state index in [4.69, 9.17) is 0 Å².